The second-order valence-electron chi connectivity index (χ2n) is 7.55. The van der Waals surface area contributed by atoms with Crippen LogP contribution in [0.15, 0.2) is 66.2 Å². The Bertz CT molecular complexity index is 1330. The number of carbonyl (C=O) groups excluding carboxylic acids is 1. The van der Waals surface area contributed by atoms with Gasteiger partial charge in [-0.15, -0.1) is 0 Å². The van der Waals surface area contributed by atoms with Gasteiger partial charge in [-0.2, -0.15) is 0 Å². The molecule has 3 aromatic rings. The van der Waals surface area contributed by atoms with Crippen LogP contribution in [0.3, 0.4) is 0 Å². The van der Waals surface area contributed by atoms with Gasteiger partial charge in [0, 0.05) is 16.7 Å². The Morgan fingerprint density at radius 3 is 2.31 bits per heavy atom. The Kier molecular flexibility index (Phi) is 7.35. The number of halogens is 2. The number of phenols is 1. The van der Waals surface area contributed by atoms with Gasteiger partial charge in [0.25, 0.3) is 5.91 Å². The normalized spacial score (nSPS) is 15.2. The predicted octanol–water partition coefficient (Wildman–Crippen LogP) is 5.29. The number of nitrogens with one attached hydrogen (secondary N) is 3. The molecule has 1 aliphatic rings. The van der Waals surface area contributed by atoms with Crippen LogP contribution in [-0.4, -0.2) is 30.3 Å². The fraction of sp³-hybridized carbons (Fsp3) is 0.120. The molecule has 1 amide bonds. The van der Waals surface area contributed by atoms with Crippen LogP contribution in [0.1, 0.15) is 17.2 Å². The van der Waals surface area contributed by atoms with Gasteiger partial charge >= 0.3 is 0 Å². The standard InChI is InChI=1S/C25H21Cl2N3O4S/c1-33-15-6-3-13(4-7-15)22-21(24(32)28-19-10-5-14(26)11-18(19)27)23(30-25(35)29-22)17-9-8-16(34-2)12-20(17)31/h3-12,23,31H,1-2H3,(H,28,32)(H2,29,30,35). The molecule has 0 saturated carbocycles. The minimum atomic E-state index is -0.780. The smallest absolute Gasteiger partial charge is 0.256 e. The molecule has 1 heterocycles. The molecule has 0 spiro atoms. The zero-order valence-electron chi connectivity index (χ0n) is 18.7. The van der Waals surface area contributed by atoms with E-state index in [0.29, 0.717) is 39.0 Å². The minimum absolute atomic E-state index is 0.0598. The molecule has 0 aromatic heterocycles. The summed E-state index contributed by atoms with van der Waals surface area (Å²) in [7, 11) is 3.08. The van der Waals surface area contributed by atoms with E-state index in [0.717, 1.165) is 0 Å². The van der Waals surface area contributed by atoms with Crippen LogP contribution in [0.25, 0.3) is 5.70 Å². The second-order valence-corrected chi connectivity index (χ2v) is 8.80. The van der Waals surface area contributed by atoms with Crippen molar-refractivity contribution >= 4 is 57.8 Å². The van der Waals surface area contributed by atoms with Crippen LogP contribution in [0.2, 0.25) is 10.0 Å². The summed E-state index contributed by atoms with van der Waals surface area (Å²) in [6.45, 7) is 0. The highest BCUT2D eigenvalue weighted by Crippen LogP contribution is 2.38. The maximum atomic E-state index is 13.7. The number of amides is 1. The molecule has 4 rings (SSSR count). The summed E-state index contributed by atoms with van der Waals surface area (Å²) in [6.07, 6.45) is 0. The number of benzene rings is 3. The first kappa shape index (κ1) is 24.7. The summed E-state index contributed by atoms with van der Waals surface area (Å²) < 4.78 is 10.5. The Morgan fingerprint density at radius 2 is 1.69 bits per heavy atom. The summed E-state index contributed by atoms with van der Waals surface area (Å²) in [5, 5.41) is 20.8. The molecule has 3 aromatic carbocycles. The third-order valence-electron chi connectivity index (χ3n) is 5.42. The zero-order chi connectivity index (χ0) is 25.1. The first-order valence-corrected chi connectivity index (χ1v) is 11.6. The number of hydrogen-bond donors (Lipinski definition) is 4. The number of hydrogen-bond acceptors (Lipinski definition) is 5. The van der Waals surface area contributed by atoms with Gasteiger partial charge in [0.1, 0.15) is 17.2 Å². The van der Waals surface area contributed by atoms with E-state index < -0.39 is 11.9 Å². The number of thiocarbonyl (C=S) groups is 1. The lowest BCUT2D eigenvalue weighted by molar-refractivity contribution is -0.113. The fourth-order valence-electron chi connectivity index (χ4n) is 3.70. The van der Waals surface area contributed by atoms with Gasteiger partial charge in [-0.1, -0.05) is 23.2 Å². The lowest BCUT2D eigenvalue weighted by Gasteiger charge is -2.32. The van der Waals surface area contributed by atoms with Crippen molar-refractivity contribution < 1.29 is 19.4 Å². The van der Waals surface area contributed by atoms with Gasteiger partial charge in [-0.3, -0.25) is 4.79 Å². The summed E-state index contributed by atoms with van der Waals surface area (Å²) >= 11 is 17.8. The van der Waals surface area contributed by atoms with E-state index >= 15 is 0 Å². The van der Waals surface area contributed by atoms with Crippen LogP contribution in [0, 0.1) is 0 Å². The average molecular weight is 530 g/mol. The van der Waals surface area contributed by atoms with E-state index in [1.54, 1.807) is 43.5 Å². The van der Waals surface area contributed by atoms with E-state index in [1.807, 2.05) is 12.1 Å². The number of ether oxygens (including phenoxy) is 2. The van der Waals surface area contributed by atoms with Gasteiger partial charge < -0.3 is 30.5 Å². The van der Waals surface area contributed by atoms with Gasteiger partial charge in [0.05, 0.1) is 42.2 Å². The molecule has 0 radical (unpaired) electrons. The Labute approximate surface area is 217 Å². The highest BCUT2D eigenvalue weighted by Gasteiger charge is 2.34. The summed E-state index contributed by atoms with van der Waals surface area (Å²) in [4.78, 5) is 13.7. The number of aromatic hydroxyl groups is 1. The molecule has 0 bridgehead atoms. The topological polar surface area (TPSA) is 91.9 Å². The van der Waals surface area contributed by atoms with Crippen LogP contribution < -0.4 is 25.4 Å². The lowest BCUT2D eigenvalue weighted by atomic mass is 9.91. The highest BCUT2D eigenvalue weighted by atomic mass is 35.5. The van der Waals surface area contributed by atoms with Crippen LogP contribution in [0.4, 0.5) is 5.69 Å². The van der Waals surface area contributed by atoms with Gasteiger partial charge in [0.15, 0.2) is 5.11 Å². The molecular formula is C25H21Cl2N3O4S. The van der Waals surface area contributed by atoms with Crippen LogP contribution >= 0.6 is 35.4 Å². The molecule has 10 heteroatoms. The number of carbonyl (C=O) groups is 1. The Hall–Kier alpha value is -3.46. The lowest BCUT2D eigenvalue weighted by Crippen LogP contribution is -2.45. The zero-order valence-corrected chi connectivity index (χ0v) is 21.0. The van der Waals surface area contributed by atoms with Crippen LogP contribution in [-0.2, 0) is 4.79 Å². The molecule has 0 aliphatic carbocycles. The second kappa shape index (κ2) is 10.4. The van der Waals surface area contributed by atoms with E-state index in [1.165, 1.54) is 19.2 Å². The summed E-state index contributed by atoms with van der Waals surface area (Å²) in [5.74, 6) is 0.619. The maximum Gasteiger partial charge on any atom is 0.256 e. The number of rotatable bonds is 6. The fourth-order valence-corrected chi connectivity index (χ4v) is 4.38. The molecule has 0 fully saturated rings. The van der Waals surface area contributed by atoms with E-state index in [9.17, 15) is 9.90 Å². The van der Waals surface area contributed by atoms with Gasteiger partial charge in [-0.25, -0.2) is 0 Å². The number of anilines is 1. The molecule has 180 valence electrons. The van der Waals surface area contributed by atoms with E-state index in [2.05, 4.69) is 16.0 Å². The van der Waals surface area contributed by atoms with Crippen molar-refractivity contribution in [2.24, 2.45) is 0 Å². The van der Waals surface area contributed by atoms with E-state index in [-0.39, 0.29) is 21.5 Å². The third kappa shape index (κ3) is 5.30. The monoisotopic (exact) mass is 529 g/mol. The highest BCUT2D eigenvalue weighted by molar-refractivity contribution is 7.80. The Morgan fingerprint density at radius 1 is 1.00 bits per heavy atom. The number of phenolic OH excluding ortho intramolecular Hbond substituents is 1. The molecule has 0 saturated heterocycles. The van der Waals surface area contributed by atoms with Crippen molar-refractivity contribution in [3.63, 3.8) is 0 Å². The average Bonchev–Trinajstić information content (AvgIpc) is 2.85. The van der Waals surface area contributed by atoms with Crippen molar-refractivity contribution in [3.8, 4) is 17.2 Å². The molecule has 1 aliphatic heterocycles. The quantitative estimate of drug-likeness (QED) is 0.322. The molecule has 4 N–H and O–H groups in total. The molecule has 35 heavy (non-hydrogen) atoms. The van der Waals surface area contributed by atoms with Gasteiger partial charge in [0.2, 0.25) is 0 Å². The molecular weight excluding hydrogens is 509 g/mol. The van der Waals surface area contributed by atoms with Crippen molar-refractivity contribution in [2.45, 2.75) is 6.04 Å². The first-order chi connectivity index (χ1) is 16.8. The first-order valence-electron chi connectivity index (χ1n) is 10.4. The molecule has 1 atom stereocenters. The minimum Gasteiger partial charge on any atom is -0.507 e. The largest absolute Gasteiger partial charge is 0.507 e. The maximum absolute atomic E-state index is 13.7. The third-order valence-corrected chi connectivity index (χ3v) is 6.19. The van der Waals surface area contributed by atoms with Gasteiger partial charge in [-0.05, 0) is 72.4 Å². The SMILES string of the molecule is COc1ccc(C2=C(C(=O)Nc3ccc(Cl)cc3Cl)C(c3ccc(OC)cc3O)NC(=S)N2)cc1. The Balaban J connectivity index is 1.86. The van der Waals surface area contributed by atoms with Crippen molar-refractivity contribution in [1.82, 2.24) is 10.6 Å². The van der Waals surface area contributed by atoms with Crippen LogP contribution in [0.5, 0.6) is 17.2 Å². The summed E-state index contributed by atoms with van der Waals surface area (Å²) in [6, 6.07) is 16.0. The van der Waals surface area contributed by atoms with Crippen molar-refractivity contribution in [2.75, 3.05) is 19.5 Å². The van der Waals surface area contributed by atoms with E-state index in [4.69, 9.17) is 44.9 Å². The van der Waals surface area contributed by atoms with Crippen molar-refractivity contribution in [1.29, 1.82) is 0 Å². The number of methoxy groups -OCH3 is 2. The predicted molar refractivity (Wildman–Crippen MR) is 141 cm³/mol. The van der Waals surface area contributed by atoms with Crippen molar-refractivity contribution in [3.05, 3.63) is 87.4 Å². The molecule has 7 nitrogen and oxygen atoms in total. The summed E-state index contributed by atoms with van der Waals surface area (Å²) in [5.41, 5.74) is 2.27. The molecule has 1 unspecified atom stereocenters.